The lowest BCUT2D eigenvalue weighted by molar-refractivity contribution is -0.149. The fourth-order valence-corrected chi connectivity index (χ4v) is 1.63. The van der Waals surface area contributed by atoms with E-state index in [-0.39, 0.29) is 5.97 Å². The summed E-state index contributed by atoms with van der Waals surface area (Å²) in [5.41, 5.74) is 5.03. The van der Waals surface area contributed by atoms with Crippen LogP contribution in [0.15, 0.2) is 0 Å². The highest BCUT2D eigenvalue weighted by molar-refractivity contribution is 5.79. The number of esters is 1. The van der Waals surface area contributed by atoms with Crippen molar-refractivity contribution in [2.45, 2.75) is 52.5 Å². The van der Waals surface area contributed by atoms with E-state index in [0.29, 0.717) is 38.8 Å². The molecule has 0 aromatic heterocycles. The summed E-state index contributed by atoms with van der Waals surface area (Å²) < 4.78 is 15.8. The van der Waals surface area contributed by atoms with Crippen LogP contribution < -0.4 is 5.73 Å². The third kappa shape index (κ3) is 10.2. The average Bonchev–Trinajstić information content (AvgIpc) is 2.36. The number of rotatable bonds is 12. The Kier molecular flexibility index (Phi) is 10.7. The third-order valence-corrected chi connectivity index (χ3v) is 2.80. The van der Waals surface area contributed by atoms with Crippen molar-refractivity contribution in [1.82, 2.24) is 0 Å². The van der Waals surface area contributed by atoms with E-state index in [2.05, 4.69) is 13.8 Å². The molecule has 0 heterocycles. The molecule has 0 aromatic rings. The van der Waals surface area contributed by atoms with Crippen molar-refractivity contribution in [3.8, 4) is 0 Å². The van der Waals surface area contributed by atoms with Crippen molar-refractivity contribution in [3.63, 3.8) is 0 Å². The van der Waals surface area contributed by atoms with Crippen LogP contribution in [0.25, 0.3) is 0 Å². The second-order valence-corrected chi connectivity index (χ2v) is 5.68. The van der Waals surface area contributed by atoms with E-state index in [4.69, 9.17) is 19.9 Å². The zero-order valence-electron chi connectivity index (χ0n) is 13.4. The van der Waals surface area contributed by atoms with Gasteiger partial charge in [-0.3, -0.25) is 4.79 Å². The molecule has 5 nitrogen and oxygen atoms in total. The van der Waals surface area contributed by atoms with Crippen LogP contribution in [0.5, 0.6) is 0 Å². The molecular weight excluding hydrogens is 258 g/mol. The van der Waals surface area contributed by atoms with Gasteiger partial charge < -0.3 is 19.9 Å². The first-order valence-corrected chi connectivity index (χ1v) is 7.51. The van der Waals surface area contributed by atoms with Gasteiger partial charge in [-0.1, -0.05) is 13.8 Å². The van der Waals surface area contributed by atoms with Crippen molar-refractivity contribution in [2.75, 3.05) is 33.0 Å². The van der Waals surface area contributed by atoms with Gasteiger partial charge >= 0.3 is 5.97 Å². The smallest absolute Gasteiger partial charge is 0.325 e. The van der Waals surface area contributed by atoms with Crippen LogP contribution in [0.1, 0.15) is 47.0 Å². The minimum Gasteiger partial charge on any atom is -0.465 e. The fourth-order valence-electron chi connectivity index (χ4n) is 1.63. The number of carbonyl (C=O) groups is 1. The SMILES string of the molecule is CCOC(=O)C(C)(N)CCCCOCCOCC(C)C. The van der Waals surface area contributed by atoms with Crippen molar-refractivity contribution < 1.29 is 19.0 Å². The molecule has 0 aliphatic carbocycles. The molecule has 0 spiro atoms. The van der Waals surface area contributed by atoms with E-state index >= 15 is 0 Å². The highest BCUT2D eigenvalue weighted by Crippen LogP contribution is 2.12. The lowest BCUT2D eigenvalue weighted by Gasteiger charge is -2.21. The summed E-state index contributed by atoms with van der Waals surface area (Å²) in [6.07, 6.45) is 2.34. The van der Waals surface area contributed by atoms with Crippen LogP contribution in [0.4, 0.5) is 0 Å². The Morgan fingerprint density at radius 2 is 1.80 bits per heavy atom. The maximum atomic E-state index is 11.6. The highest BCUT2D eigenvalue weighted by Gasteiger charge is 2.28. The molecule has 0 bridgehead atoms. The molecule has 2 N–H and O–H groups in total. The second kappa shape index (κ2) is 11.1. The molecule has 0 radical (unpaired) electrons. The molecule has 20 heavy (non-hydrogen) atoms. The molecule has 1 unspecified atom stereocenters. The van der Waals surface area contributed by atoms with Crippen LogP contribution in [-0.4, -0.2) is 44.5 Å². The quantitative estimate of drug-likeness (QED) is 0.440. The van der Waals surface area contributed by atoms with Gasteiger partial charge in [0.05, 0.1) is 19.8 Å². The molecular formula is C15H31NO4. The van der Waals surface area contributed by atoms with Gasteiger partial charge in [0.25, 0.3) is 0 Å². The summed E-state index contributed by atoms with van der Waals surface area (Å²) in [7, 11) is 0. The molecule has 5 heteroatoms. The minimum atomic E-state index is -0.892. The van der Waals surface area contributed by atoms with E-state index in [0.717, 1.165) is 19.4 Å². The maximum Gasteiger partial charge on any atom is 0.325 e. The van der Waals surface area contributed by atoms with Gasteiger partial charge in [-0.2, -0.15) is 0 Å². The molecule has 0 aromatic carbocycles. The van der Waals surface area contributed by atoms with Crippen LogP contribution in [-0.2, 0) is 19.0 Å². The highest BCUT2D eigenvalue weighted by atomic mass is 16.5. The number of unbranched alkanes of at least 4 members (excludes halogenated alkanes) is 1. The van der Waals surface area contributed by atoms with Gasteiger partial charge in [0.15, 0.2) is 0 Å². The van der Waals surface area contributed by atoms with Gasteiger partial charge in [-0.25, -0.2) is 0 Å². The molecule has 0 saturated heterocycles. The summed E-state index contributed by atoms with van der Waals surface area (Å²) in [5.74, 6) is 0.225. The first-order valence-electron chi connectivity index (χ1n) is 7.51. The Labute approximate surface area is 123 Å². The van der Waals surface area contributed by atoms with Crippen molar-refractivity contribution in [3.05, 3.63) is 0 Å². The Morgan fingerprint density at radius 3 is 2.40 bits per heavy atom. The van der Waals surface area contributed by atoms with Gasteiger partial charge in [-0.05, 0) is 39.0 Å². The first kappa shape index (κ1) is 19.4. The molecule has 0 amide bonds. The van der Waals surface area contributed by atoms with Crippen molar-refractivity contribution in [2.24, 2.45) is 11.7 Å². The topological polar surface area (TPSA) is 70.8 Å². The molecule has 0 aliphatic rings. The van der Waals surface area contributed by atoms with Gasteiger partial charge in [-0.15, -0.1) is 0 Å². The van der Waals surface area contributed by atoms with E-state index in [1.165, 1.54) is 0 Å². The summed E-state index contributed by atoms with van der Waals surface area (Å²) >= 11 is 0. The number of hydrogen-bond acceptors (Lipinski definition) is 5. The van der Waals surface area contributed by atoms with Gasteiger partial charge in [0, 0.05) is 13.2 Å². The fraction of sp³-hybridized carbons (Fsp3) is 0.933. The minimum absolute atomic E-state index is 0.331. The van der Waals surface area contributed by atoms with Crippen molar-refractivity contribution in [1.29, 1.82) is 0 Å². The van der Waals surface area contributed by atoms with E-state index in [9.17, 15) is 4.79 Å². The first-order chi connectivity index (χ1) is 9.40. The van der Waals surface area contributed by atoms with Crippen LogP contribution in [0, 0.1) is 5.92 Å². The summed E-state index contributed by atoms with van der Waals surface area (Å²) in [5, 5.41) is 0. The van der Waals surface area contributed by atoms with Crippen LogP contribution in [0.3, 0.4) is 0 Å². The average molecular weight is 289 g/mol. The Balaban J connectivity index is 3.45. The normalized spacial score (nSPS) is 14.3. The molecule has 0 aliphatic heterocycles. The largest absolute Gasteiger partial charge is 0.465 e. The van der Waals surface area contributed by atoms with Crippen LogP contribution in [0.2, 0.25) is 0 Å². The summed E-state index contributed by atoms with van der Waals surface area (Å²) in [6, 6.07) is 0. The Morgan fingerprint density at radius 1 is 1.15 bits per heavy atom. The lowest BCUT2D eigenvalue weighted by atomic mass is 9.96. The Hall–Kier alpha value is -0.650. The third-order valence-electron chi connectivity index (χ3n) is 2.80. The number of hydrogen-bond donors (Lipinski definition) is 1. The molecule has 1 atom stereocenters. The second-order valence-electron chi connectivity index (χ2n) is 5.68. The van der Waals surface area contributed by atoms with Gasteiger partial charge in [0.2, 0.25) is 0 Å². The molecule has 120 valence electrons. The maximum absolute atomic E-state index is 11.6. The summed E-state index contributed by atoms with van der Waals surface area (Å²) in [4.78, 5) is 11.6. The summed E-state index contributed by atoms with van der Waals surface area (Å²) in [6.45, 7) is 10.8. The van der Waals surface area contributed by atoms with Crippen LogP contribution >= 0.6 is 0 Å². The predicted molar refractivity (Wildman–Crippen MR) is 79.6 cm³/mol. The lowest BCUT2D eigenvalue weighted by Crippen LogP contribution is -2.46. The Bertz CT molecular complexity index is 254. The van der Waals surface area contributed by atoms with E-state index in [1.807, 2.05) is 0 Å². The van der Waals surface area contributed by atoms with E-state index in [1.54, 1.807) is 13.8 Å². The zero-order chi connectivity index (χ0) is 15.4. The number of carbonyl (C=O) groups excluding carboxylic acids is 1. The predicted octanol–water partition coefficient (Wildman–Crippen LogP) is 2.13. The standard InChI is InChI=1S/C15H31NO4/c1-5-20-14(17)15(4,16)8-6-7-9-18-10-11-19-12-13(2)3/h13H,5-12,16H2,1-4H3. The molecule has 0 fully saturated rings. The van der Waals surface area contributed by atoms with Crippen molar-refractivity contribution >= 4 is 5.97 Å². The van der Waals surface area contributed by atoms with Gasteiger partial charge in [0.1, 0.15) is 5.54 Å². The number of ether oxygens (including phenoxy) is 3. The monoisotopic (exact) mass is 289 g/mol. The zero-order valence-corrected chi connectivity index (χ0v) is 13.4. The molecule has 0 rings (SSSR count). The molecule has 0 saturated carbocycles. The number of nitrogens with two attached hydrogens (primary N) is 1. The van der Waals surface area contributed by atoms with E-state index < -0.39 is 5.54 Å².